The van der Waals surface area contributed by atoms with E-state index in [0.717, 1.165) is 0 Å². The molecule has 1 amide bonds. The topological polar surface area (TPSA) is 84.9 Å². The van der Waals surface area contributed by atoms with Crippen molar-refractivity contribution < 1.29 is 22.7 Å². The number of thiophene rings is 1. The molecule has 2 heterocycles. The molecule has 26 heavy (non-hydrogen) atoms. The van der Waals surface area contributed by atoms with Gasteiger partial charge in [-0.05, 0) is 35.7 Å². The van der Waals surface area contributed by atoms with E-state index in [4.69, 9.17) is 9.47 Å². The van der Waals surface area contributed by atoms with Gasteiger partial charge in [-0.15, -0.1) is 11.3 Å². The van der Waals surface area contributed by atoms with E-state index in [1.165, 1.54) is 27.8 Å². The quantitative estimate of drug-likeness (QED) is 0.719. The zero-order valence-electron chi connectivity index (χ0n) is 14.1. The van der Waals surface area contributed by atoms with Crippen LogP contribution in [0.1, 0.15) is 9.67 Å². The van der Waals surface area contributed by atoms with Crippen LogP contribution in [0.4, 0.5) is 0 Å². The molecule has 0 aliphatic carbocycles. The fourth-order valence-electron chi connectivity index (χ4n) is 2.47. The summed E-state index contributed by atoms with van der Waals surface area (Å²) < 4.78 is 37.2. The zero-order valence-corrected chi connectivity index (χ0v) is 15.7. The van der Waals surface area contributed by atoms with Crippen molar-refractivity contribution in [3.8, 4) is 5.75 Å². The lowest BCUT2D eigenvalue weighted by molar-refractivity contribution is 0.0730. The number of nitrogens with zero attached hydrogens (tertiary/aromatic N) is 1. The minimum atomic E-state index is -3.50. The van der Waals surface area contributed by atoms with Crippen LogP contribution < -0.4 is 10.1 Å². The Morgan fingerprint density at radius 1 is 1.19 bits per heavy atom. The van der Waals surface area contributed by atoms with Gasteiger partial charge in [0.25, 0.3) is 5.91 Å². The molecule has 1 aromatic carbocycles. The number of nitrogens with one attached hydrogen (secondary N) is 1. The first-order valence-electron chi connectivity index (χ1n) is 8.20. The second-order valence-corrected chi connectivity index (χ2v) is 8.46. The highest BCUT2D eigenvalue weighted by Crippen LogP contribution is 2.20. The Morgan fingerprint density at radius 3 is 2.58 bits per heavy atom. The van der Waals surface area contributed by atoms with E-state index < -0.39 is 10.0 Å². The Hall–Kier alpha value is -1.94. The molecule has 0 atom stereocenters. The molecule has 1 aromatic heterocycles. The van der Waals surface area contributed by atoms with Crippen LogP contribution in [-0.2, 0) is 14.8 Å². The molecule has 1 saturated heterocycles. The summed E-state index contributed by atoms with van der Waals surface area (Å²) >= 11 is 1.38. The molecule has 3 rings (SSSR count). The van der Waals surface area contributed by atoms with Crippen molar-refractivity contribution in [3.05, 3.63) is 46.7 Å². The number of morpholine rings is 1. The second kappa shape index (κ2) is 8.63. The molecule has 1 N–H and O–H groups in total. The minimum absolute atomic E-state index is 0.129. The molecule has 1 aliphatic rings. The second-order valence-electron chi connectivity index (χ2n) is 5.57. The van der Waals surface area contributed by atoms with Crippen LogP contribution in [0.3, 0.4) is 0 Å². The molecule has 140 valence electrons. The third-order valence-corrected chi connectivity index (χ3v) is 6.61. The Kier molecular flexibility index (Phi) is 6.25. The smallest absolute Gasteiger partial charge is 0.261 e. The molecule has 2 aromatic rings. The maximum absolute atomic E-state index is 12.5. The number of amides is 1. The molecule has 9 heteroatoms. The molecule has 0 radical (unpaired) electrons. The third kappa shape index (κ3) is 4.61. The van der Waals surface area contributed by atoms with E-state index in [1.807, 2.05) is 11.4 Å². The lowest BCUT2D eigenvalue weighted by Crippen LogP contribution is -2.40. The summed E-state index contributed by atoms with van der Waals surface area (Å²) in [5, 5.41) is 4.61. The average Bonchev–Trinajstić information content (AvgIpc) is 3.21. The Balaban J connectivity index is 1.49. The van der Waals surface area contributed by atoms with Crippen molar-refractivity contribution in [1.29, 1.82) is 0 Å². The van der Waals surface area contributed by atoms with Crippen LogP contribution >= 0.6 is 11.3 Å². The maximum atomic E-state index is 12.5. The molecular formula is C17H20N2O5S2. The summed E-state index contributed by atoms with van der Waals surface area (Å²) in [6.45, 7) is 2.22. The molecule has 0 saturated carbocycles. The van der Waals surface area contributed by atoms with Crippen molar-refractivity contribution in [3.63, 3.8) is 0 Å². The van der Waals surface area contributed by atoms with Gasteiger partial charge in [0, 0.05) is 13.1 Å². The Morgan fingerprint density at radius 2 is 1.92 bits per heavy atom. The number of rotatable bonds is 7. The number of hydrogen-bond acceptors (Lipinski definition) is 6. The first-order chi connectivity index (χ1) is 12.6. The monoisotopic (exact) mass is 396 g/mol. The highest BCUT2D eigenvalue weighted by molar-refractivity contribution is 7.89. The summed E-state index contributed by atoms with van der Waals surface area (Å²) in [7, 11) is -3.50. The van der Waals surface area contributed by atoms with Gasteiger partial charge in [-0.1, -0.05) is 6.07 Å². The molecule has 0 spiro atoms. The van der Waals surface area contributed by atoms with Crippen LogP contribution in [0.15, 0.2) is 46.7 Å². The minimum Gasteiger partial charge on any atom is -0.492 e. The van der Waals surface area contributed by atoms with E-state index in [-0.39, 0.29) is 10.8 Å². The summed E-state index contributed by atoms with van der Waals surface area (Å²) in [6.07, 6.45) is 0. The number of carbonyl (C=O) groups excluding carboxylic acids is 1. The fourth-order valence-corrected chi connectivity index (χ4v) is 4.52. The van der Waals surface area contributed by atoms with Crippen LogP contribution in [0.2, 0.25) is 0 Å². The molecule has 0 bridgehead atoms. The van der Waals surface area contributed by atoms with Gasteiger partial charge in [-0.2, -0.15) is 4.31 Å². The van der Waals surface area contributed by atoms with Crippen molar-refractivity contribution in [2.75, 3.05) is 39.5 Å². The van der Waals surface area contributed by atoms with Gasteiger partial charge in [0.05, 0.1) is 29.5 Å². The zero-order chi connectivity index (χ0) is 18.4. The fraction of sp³-hybridized carbons (Fsp3) is 0.353. The summed E-state index contributed by atoms with van der Waals surface area (Å²) in [6, 6.07) is 9.88. The van der Waals surface area contributed by atoms with E-state index >= 15 is 0 Å². The summed E-state index contributed by atoms with van der Waals surface area (Å²) in [5.41, 5.74) is 0. The summed E-state index contributed by atoms with van der Waals surface area (Å²) in [5.74, 6) is 0.423. The SMILES string of the molecule is O=C(NCCOc1ccc(S(=O)(=O)N2CCOCC2)cc1)c1cccs1. The lowest BCUT2D eigenvalue weighted by atomic mass is 10.3. The number of benzene rings is 1. The van der Waals surface area contributed by atoms with Gasteiger partial charge >= 0.3 is 0 Å². The van der Waals surface area contributed by atoms with Gasteiger partial charge < -0.3 is 14.8 Å². The Labute approximate surface area is 156 Å². The van der Waals surface area contributed by atoms with Gasteiger partial charge in [0.15, 0.2) is 0 Å². The highest BCUT2D eigenvalue weighted by atomic mass is 32.2. The lowest BCUT2D eigenvalue weighted by Gasteiger charge is -2.26. The molecular weight excluding hydrogens is 376 g/mol. The highest BCUT2D eigenvalue weighted by Gasteiger charge is 2.26. The molecule has 0 unspecified atom stereocenters. The van der Waals surface area contributed by atoms with E-state index in [0.29, 0.717) is 50.1 Å². The Bertz CT molecular complexity index is 813. The van der Waals surface area contributed by atoms with Crippen molar-refractivity contribution in [2.24, 2.45) is 0 Å². The largest absolute Gasteiger partial charge is 0.492 e. The van der Waals surface area contributed by atoms with E-state index in [9.17, 15) is 13.2 Å². The van der Waals surface area contributed by atoms with Gasteiger partial charge in [0.1, 0.15) is 12.4 Å². The van der Waals surface area contributed by atoms with Gasteiger partial charge in [0.2, 0.25) is 10.0 Å². The predicted octanol–water partition coefficient (Wildman–Crippen LogP) is 1.58. The third-order valence-electron chi connectivity index (χ3n) is 3.83. The molecule has 1 aliphatic heterocycles. The number of sulfonamides is 1. The van der Waals surface area contributed by atoms with E-state index in [2.05, 4.69) is 5.32 Å². The number of ether oxygens (including phenoxy) is 2. The molecule has 7 nitrogen and oxygen atoms in total. The first-order valence-corrected chi connectivity index (χ1v) is 10.5. The summed E-state index contributed by atoms with van der Waals surface area (Å²) in [4.78, 5) is 12.7. The van der Waals surface area contributed by atoms with E-state index in [1.54, 1.807) is 18.2 Å². The normalized spacial score (nSPS) is 15.5. The van der Waals surface area contributed by atoms with Crippen molar-refractivity contribution in [2.45, 2.75) is 4.90 Å². The maximum Gasteiger partial charge on any atom is 0.261 e. The number of hydrogen-bond donors (Lipinski definition) is 1. The van der Waals surface area contributed by atoms with Gasteiger partial charge in [-0.3, -0.25) is 4.79 Å². The van der Waals surface area contributed by atoms with Crippen molar-refractivity contribution >= 4 is 27.3 Å². The van der Waals surface area contributed by atoms with Gasteiger partial charge in [-0.25, -0.2) is 8.42 Å². The predicted molar refractivity (Wildman–Crippen MR) is 98.2 cm³/mol. The molecule has 1 fully saturated rings. The van der Waals surface area contributed by atoms with Crippen LogP contribution in [0.25, 0.3) is 0 Å². The van der Waals surface area contributed by atoms with Crippen LogP contribution in [-0.4, -0.2) is 58.1 Å². The average molecular weight is 396 g/mol. The van der Waals surface area contributed by atoms with Crippen LogP contribution in [0.5, 0.6) is 5.75 Å². The first kappa shape index (κ1) is 18.8. The van der Waals surface area contributed by atoms with Crippen molar-refractivity contribution in [1.82, 2.24) is 9.62 Å². The standard InChI is InChI=1S/C17H20N2O5S2/c20-17(16-2-1-13-25-16)18-7-10-24-14-3-5-15(6-4-14)26(21,22)19-8-11-23-12-9-19/h1-6,13H,7-12H2,(H,18,20). The van der Waals surface area contributed by atoms with Crippen LogP contribution in [0, 0.1) is 0 Å². The number of carbonyl (C=O) groups is 1.